The third-order valence-electron chi connectivity index (χ3n) is 4.83. The standard InChI is InChI=1S/C22H22N4O3/c1-14-11-20-24-15(2)18(16(3)26(20)25-14)9-10-22(27)28-13-21-23-12-19(29-21)17-7-5-4-6-8-17/h4-8,11-12H,9-10,13H2,1-3H3. The highest BCUT2D eigenvalue weighted by Gasteiger charge is 2.14. The van der Waals surface area contributed by atoms with E-state index in [1.807, 2.05) is 61.7 Å². The van der Waals surface area contributed by atoms with Crippen molar-refractivity contribution in [2.75, 3.05) is 0 Å². The molecule has 0 fully saturated rings. The molecular weight excluding hydrogens is 368 g/mol. The van der Waals surface area contributed by atoms with Crippen molar-refractivity contribution in [3.63, 3.8) is 0 Å². The van der Waals surface area contributed by atoms with E-state index < -0.39 is 0 Å². The molecule has 3 heterocycles. The predicted molar refractivity (Wildman–Crippen MR) is 107 cm³/mol. The molecule has 1 aromatic carbocycles. The number of rotatable bonds is 6. The number of hydrogen-bond donors (Lipinski definition) is 0. The highest BCUT2D eigenvalue weighted by atomic mass is 16.5. The Hall–Kier alpha value is -3.48. The molecule has 148 valence electrons. The Bertz CT molecular complexity index is 1160. The van der Waals surface area contributed by atoms with Gasteiger partial charge in [-0.3, -0.25) is 4.79 Å². The molecule has 0 saturated heterocycles. The first kappa shape index (κ1) is 18.9. The maximum atomic E-state index is 12.2. The van der Waals surface area contributed by atoms with Crippen molar-refractivity contribution in [3.05, 3.63) is 71.1 Å². The summed E-state index contributed by atoms with van der Waals surface area (Å²) in [6.45, 7) is 5.90. The van der Waals surface area contributed by atoms with E-state index >= 15 is 0 Å². The average Bonchev–Trinajstić information content (AvgIpc) is 3.33. The minimum atomic E-state index is -0.306. The molecule has 0 saturated carbocycles. The van der Waals surface area contributed by atoms with Crippen LogP contribution in [0, 0.1) is 20.8 Å². The molecule has 0 aliphatic heterocycles. The van der Waals surface area contributed by atoms with E-state index in [2.05, 4.69) is 15.1 Å². The van der Waals surface area contributed by atoms with E-state index in [9.17, 15) is 4.79 Å². The summed E-state index contributed by atoms with van der Waals surface area (Å²) in [4.78, 5) is 21.0. The van der Waals surface area contributed by atoms with Crippen molar-refractivity contribution >= 4 is 11.6 Å². The van der Waals surface area contributed by atoms with Gasteiger partial charge in [-0.05, 0) is 32.8 Å². The van der Waals surface area contributed by atoms with Crippen LogP contribution in [0.4, 0.5) is 0 Å². The molecule has 7 nitrogen and oxygen atoms in total. The Labute approximate surface area is 168 Å². The fraction of sp³-hybridized carbons (Fsp3) is 0.273. The first-order valence-corrected chi connectivity index (χ1v) is 9.49. The molecule has 0 radical (unpaired) electrons. The lowest BCUT2D eigenvalue weighted by Gasteiger charge is -2.10. The van der Waals surface area contributed by atoms with Gasteiger partial charge in [0.1, 0.15) is 0 Å². The lowest BCUT2D eigenvalue weighted by atomic mass is 10.1. The van der Waals surface area contributed by atoms with E-state index in [0.29, 0.717) is 18.1 Å². The van der Waals surface area contributed by atoms with E-state index in [1.165, 1.54) is 0 Å². The van der Waals surface area contributed by atoms with Crippen LogP contribution in [0.2, 0.25) is 0 Å². The molecule has 0 unspecified atom stereocenters. The molecule has 0 bridgehead atoms. The summed E-state index contributed by atoms with van der Waals surface area (Å²) < 4.78 is 12.8. The van der Waals surface area contributed by atoms with E-state index in [-0.39, 0.29) is 19.0 Å². The SMILES string of the molecule is Cc1cc2nc(C)c(CCC(=O)OCc3ncc(-c4ccccc4)o3)c(C)n2n1. The third kappa shape index (κ3) is 4.03. The van der Waals surface area contributed by atoms with Crippen LogP contribution in [-0.2, 0) is 22.6 Å². The molecule has 4 aromatic rings. The topological polar surface area (TPSA) is 82.5 Å². The molecule has 7 heteroatoms. The van der Waals surface area contributed by atoms with Gasteiger partial charge >= 0.3 is 5.97 Å². The summed E-state index contributed by atoms with van der Waals surface area (Å²) in [6.07, 6.45) is 2.43. The number of benzene rings is 1. The molecule has 0 spiro atoms. The van der Waals surface area contributed by atoms with Crippen LogP contribution < -0.4 is 0 Å². The van der Waals surface area contributed by atoms with Gasteiger partial charge in [0.15, 0.2) is 18.0 Å². The molecule has 0 N–H and O–H groups in total. The first-order valence-electron chi connectivity index (χ1n) is 9.49. The van der Waals surface area contributed by atoms with Crippen LogP contribution in [-0.4, -0.2) is 25.6 Å². The van der Waals surface area contributed by atoms with Crippen molar-refractivity contribution in [2.45, 2.75) is 40.2 Å². The van der Waals surface area contributed by atoms with Crippen LogP contribution >= 0.6 is 0 Å². The summed E-state index contributed by atoms with van der Waals surface area (Å²) in [7, 11) is 0. The molecule has 0 aliphatic rings. The van der Waals surface area contributed by atoms with Gasteiger partial charge in [0.05, 0.1) is 11.9 Å². The number of carbonyl (C=O) groups excluding carboxylic acids is 1. The number of carbonyl (C=O) groups is 1. The van der Waals surface area contributed by atoms with Crippen molar-refractivity contribution < 1.29 is 13.9 Å². The van der Waals surface area contributed by atoms with Gasteiger partial charge in [-0.25, -0.2) is 14.5 Å². The number of esters is 1. The van der Waals surface area contributed by atoms with Crippen LogP contribution in [0.25, 0.3) is 17.0 Å². The van der Waals surface area contributed by atoms with Crippen molar-refractivity contribution in [3.8, 4) is 11.3 Å². The Balaban J connectivity index is 1.36. The number of oxazole rings is 1. The molecule has 4 rings (SSSR count). The van der Waals surface area contributed by atoms with Crippen LogP contribution in [0.5, 0.6) is 0 Å². The maximum Gasteiger partial charge on any atom is 0.306 e. The summed E-state index contributed by atoms with van der Waals surface area (Å²) in [6, 6.07) is 11.6. The zero-order valence-electron chi connectivity index (χ0n) is 16.7. The summed E-state index contributed by atoms with van der Waals surface area (Å²) in [5, 5.41) is 4.46. The second-order valence-corrected chi connectivity index (χ2v) is 6.96. The molecule has 29 heavy (non-hydrogen) atoms. The zero-order valence-corrected chi connectivity index (χ0v) is 16.7. The Kier molecular flexibility index (Phi) is 5.12. The molecule has 3 aromatic heterocycles. The van der Waals surface area contributed by atoms with Gasteiger partial charge in [0, 0.05) is 29.4 Å². The molecule has 0 atom stereocenters. The summed E-state index contributed by atoms with van der Waals surface area (Å²) in [5.41, 5.74) is 5.58. The first-order chi connectivity index (χ1) is 14.0. The molecule has 0 amide bonds. The lowest BCUT2D eigenvalue weighted by molar-refractivity contribution is -0.145. The van der Waals surface area contributed by atoms with Gasteiger partial charge < -0.3 is 9.15 Å². The van der Waals surface area contributed by atoms with Gasteiger partial charge in [-0.15, -0.1) is 0 Å². The van der Waals surface area contributed by atoms with Gasteiger partial charge in [-0.2, -0.15) is 5.10 Å². The summed E-state index contributed by atoms with van der Waals surface area (Å²) >= 11 is 0. The smallest absolute Gasteiger partial charge is 0.306 e. The minimum absolute atomic E-state index is 0.0132. The molecule has 0 aliphatic carbocycles. The highest BCUT2D eigenvalue weighted by Crippen LogP contribution is 2.20. The number of aryl methyl sites for hydroxylation is 3. The second-order valence-electron chi connectivity index (χ2n) is 6.96. The van der Waals surface area contributed by atoms with Crippen LogP contribution in [0.15, 0.2) is 47.0 Å². The van der Waals surface area contributed by atoms with Crippen LogP contribution in [0.1, 0.15) is 35.0 Å². The third-order valence-corrected chi connectivity index (χ3v) is 4.83. The van der Waals surface area contributed by atoms with Gasteiger partial charge in [-0.1, -0.05) is 30.3 Å². The lowest BCUT2D eigenvalue weighted by Crippen LogP contribution is -2.10. The Morgan fingerprint density at radius 2 is 1.97 bits per heavy atom. The Morgan fingerprint density at radius 3 is 2.76 bits per heavy atom. The predicted octanol–water partition coefficient (Wildman–Crippen LogP) is 3.99. The number of ether oxygens (including phenoxy) is 1. The zero-order chi connectivity index (χ0) is 20.4. The molecular formula is C22H22N4O3. The quantitative estimate of drug-likeness (QED) is 0.463. The largest absolute Gasteiger partial charge is 0.456 e. The number of hydrogen-bond acceptors (Lipinski definition) is 6. The highest BCUT2D eigenvalue weighted by molar-refractivity contribution is 5.69. The van der Waals surface area contributed by atoms with Gasteiger partial charge in [0.2, 0.25) is 5.89 Å². The fourth-order valence-corrected chi connectivity index (χ4v) is 3.36. The Morgan fingerprint density at radius 1 is 1.17 bits per heavy atom. The van der Waals surface area contributed by atoms with Crippen molar-refractivity contribution in [1.82, 2.24) is 19.6 Å². The fourth-order valence-electron chi connectivity index (χ4n) is 3.36. The normalized spacial score (nSPS) is 11.1. The van der Waals surface area contributed by atoms with Crippen LogP contribution in [0.3, 0.4) is 0 Å². The maximum absolute atomic E-state index is 12.2. The van der Waals surface area contributed by atoms with E-state index in [1.54, 1.807) is 6.20 Å². The summed E-state index contributed by atoms with van der Waals surface area (Å²) in [5.74, 6) is 0.719. The monoisotopic (exact) mass is 390 g/mol. The number of nitrogens with zero attached hydrogens (tertiary/aromatic N) is 4. The van der Waals surface area contributed by atoms with Crippen molar-refractivity contribution in [2.24, 2.45) is 0 Å². The number of fused-ring (bicyclic) bond motifs is 1. The second kappa shape index (κ2) is 7.87. The minimum Gasteiger partial charge on any atom is -0.456 e. The van der Waals surface area contributed by atoms with Crippen molar-refractivity contribution in [1.29, 1.82) is 0 Å². The van der Waals surface area contributed by atoms with Gasteiger partial charge in [0.25, 0.3) is 0 Å². The van der Waals surface area contributed by atoms with E-state index in [0.717, 1.165) is 33.9 Å². The number of aromatic nitrogens is 4. The average molecular weight is 390 g/mol. The van der Waals surface area contributed by atoms with E-state index in [4.69, 9.17) is 9.15 Å².